The Morgan fingerprint density at radius 3 is 2.75 bits per heavy atom. The number of halogens is 1. The number of ketones is 1. The van der Waals surface area contributed by atoms with Crippen LogP contribution in [0.5, 0.6) is 5.75 Å². The third kappa shape index (κ3) is 2.90. The van der Waals surface area contributed by atoms with Crippen LogP contribution < -0.4 is 10.3 Å². The summed E-state index contributed by atoms with van der Waals surface area (Å²) in [6.45, 7) is 1.50. The average Bonchev–Trinajstić information content (AvgIpc) is 2.41. The molecule has 0 fully saturated rings. The minimum Gasteiger partial charge on any atom is -0.494 e. The van der Waals surface area contributed by atoms with E-state index < -0.39 is 11.6 Å². The van der Waals surface area contributed by atoms with E-state index in [-0.39, 0.29) is 23.4 Å². The summed E-state index contributed by atoms with van der Waals surface area (Å²) in [4.78, 5) is 23.6. The quantitative estimate of drug-likeness (QED) is 0.795. The maximum Gasteiger partial charge on any atom is 0.267 e. The van der Waals surface area contributed by atoms with Crippen molar-refractivity contribution in [3.05, 3.63) is 57.8 Å². The number of hydrogen-bond donors (Lipinski definition) is 0. The van der Waals surface area contributed by atoms with Gasteiger partial charge in [0, 0.05) is 11.6 Å². The average molecular weight is 276 g/mol. The molecular formula is C14H13FN2O3. The van der Waals surface area contributed by atoms with E-state index in [1.54, 1.807) is 6.92 Å². The molecule has 0 N–H and O–H groups in total. The van der Waals surface area contributed by atoms with E-state index in [0.717, 1.165) is 10.7 Å². The van der Waals surface area contributed by atoms with Crippen LogP contribution in [-0.2, 0) is 6.54 Å². The van der Waals surface area contributed by atoms with Gasteiger partial charge in [-0.05, 0) is 30.7 Å². The molecule has 0 saturated heterocycles. The van der Waals surface area contributed by atoms with Crippen molar-refractivity contribution in [1.82, 2.24) is 9.78 Å². The second-order valence-corrected chi connectivity index (χ2v) is 4.30. The molecule has 0 atom stereocenters. The first kappa shape index (κ1) is 13.9. The highest BCUT2D eigenvalue weighted by Gasteiger charge is 2.12. The van der Waals surface area contributed by atoms with Gasteiger partial charge in [-0.1, -0.05) is 0 Å². The van der Waals surface area contributed by atoms with Gasteiger partial charge in [0.05, 0.1) is 13.3 Å². The highest BCUT2D eigenvalue weighted by Crippen LogP contribution is 2.18. The van der Waals surface area contributed by atoms with Crippen LogP contribution in [-0.4, -0.2) is 22.7 Å². The molecule has 0 bridgehead atoms. The van der Waals surface area contributed by atoms with Gasteiger partial charge in [-0.25, -0.2) is 9.07 Å². The number of benzene rings is 1. The van der Waals surface area contributed by atoms with Gasteiger partial charge in [0.1, 0.15) is 6.54 Å². The van der Waals surface area contributed by atoms with Gasteiger partial charge in [0.15, 0.2) is 17.3 Å². The minimum absolute atomic E-state index is 0.0622. The molecule has 2 rings (SSSR count). The van der Waals surface area contributed by atoms with Crippen molar-refractivity contribution in [2.24, 2.45) is 0 Å². The third-order valence-electron chi connectivity index (χ3n) is 2.77. The van der Waals surface area contributed by atoms with E-state index in [9.17, 15) is 14.0 Å². The molecule has 0 spiro atoms. The molecule has 0 aliphatic heterocycles. The Morgan fingerprint density at radius 1 is 1.40 bits per heavy atom. The lowest BCUT2D eigenvalue weighted by molar-refractivity contribution is 0.0965. The fourth-order valence-electron chi connectivity index (χ4n) is 1.71. The van der Waals surface area contributed by atoms with Crippen molar-refractivity contribution in [2.75, 3.05) is 7.11 Å². The fourth-order valence-corrected chi connectivity index (χ4v) is 1.71. The summed E-state index contributed by atoms with van der Waals surface area (Å²) >= 11 is 0. The Labute approximate surface area is 114 Å². The molecule has 5 nitrogen and oxygen atoms in total. The Kier molecular flexibility index (Phi) is 3.93. The molecule has 0 aliphatic carbocycles. The van der Waals surface area contributed by atoms with Crippen LogP contribution in [0.15, 0.2) is 35.3 Å². The van der Waals surface area contributed by atoms with Crippen LogP contribution in [0.25, 0.3) is 0 Å². The summed E-state index contributed by atoms with van der Waals surface area (Å²) in [5.41, 5.74) is 0.513. The van der Waals surface area contributed by atoms with Crippen molar-refractivity contribution in [2.45, 2.75) is 13.5 Å². The molecule has 6 heteroatoms. The zero-order chi connectivity index (χ0) is 14.7. The monoisotopic (exact) mass is 276 g/mol. The molecule has 20 heavy (non-hydrogen) atoms. The lowest BCUT2D eigenvalue weighted by Crippen LogP contribution is -2.26. The standard InChI is InChI=1S/C14H13FN2O3/c1-9-5-14(19)17(16-7-9)8-12(18)10-3-4-13(20-2)11(15)6-10/h3-7H,8H2,1-2H3. The number of aryl methyl sites for hydroxylation is 1. The number of hydrogen-bond acceptors (Lipinski definition) is 4. The molecule has 0 saturated carbocycles. The van der Waals surface area contributed by atoms with Gasteiger partial charge in [-0.15, -0.1) is 0 Å². The maximum absolute atomic E-state index is 13.5. The zero-order valence-corrected chi connectivity index (χ0v) is 11.1. The summed E-state index contributed by atoms with van der Waals surface area (Å²) in [7, 11) is 1.34. The highest BCUT2D eigenvalue weighted by atomic mass is 19.1. The highest BCUT2D eigenvalue weighted by molar-refractivity contribution is 5.95. The number of aromatic nitrogens is 2. The van der Waals surface area contributed by atoms with E-state index in [4.69, 9.17) is 4.74 Å². The molecule has 2 aromatic rings. The smallest absolute Gasteiger partial charge is 0.267 e. The van der Waals surface area contributed by atoms with Crippen LogP contribution in [0, 0.1) is 12.7 Å². The predicted octanol–water partition coefficient (Wildman–Crippen LogP) is 1.58. The molecule has 0 aliphatic rings. The van der Waals surface area contributed by atoms with Crippen molar-refractivity contribution < 1.29 is 13.9 Å². The third-order valence-corrected chi connectivity index (χ3v) is 2.77. The fraction of sp³-hybridized carbons (Fsp3) is 0.214. The summed E-state index contributed by atoms with van der Waals surface area (Å²) in [5.74, 6) is -0.959. The maximum atomic E-state index is 13.5. The lowest BCUT2D eigenvalue weighted by atomic mass is 10.1. The molecule has 1 aromatic carbocycles. The van der Waals surface area contributed by atoms with Gasteiger partial charge < -0.3 is 4.74 Å². The largest absolute Gasteiger partial charge is 0.494 e. The molecule has 1 heterocycles. The van der Waals surface area contributed by atoms with Gasteiger partial charge in [-0.2, -0.15) is 5.10 Å². The number of nitrogens with zero attached hydrogens (tertiary/aromatic N) is 2. The van der Waals surface area contributed by atoms with E-state index in [1.165, 1.54) is 31.5 Å². The first-order valence-corrected chi connectivity index (χ1v) is 5.92. The van der Waals surface area contributed by atoms with E-state index in [1.807, 2.05) is 0 Å². The van der Waals surface area contributed by atoms with E-state index in [2.05, 4.69) is 5.10 Å². The number of ether oxygens (including phenoxy) is 1. The minimum atomic E-state index is -0.623. The number of carbonyl (C=O) groups is 1. The van der Waals surface area contributed by atoms with Crippen LogP contribution in [0.3, 0.4) is 0 Å². The van der Waals surface area contributed by atoms with Crippen molar-refractivity contribution in [1.29, 1.82) is 0 Å². The normalized spacial score (nSPS) is 10.3. The molecule has 1 aromatic heterocycles. The van der Waals surface area contributed by atoms with Crippen molar-refractivity contribution in [3.8, 4) is 5.75 Å². The van der Waals surface area contributed by atoms with Crippen molar-refractivity contribution in [3.63, 3.8) is 0 Å². The SMILES string of the molecule is COc1ccc(C(=O)Cn2ncc(C)cc2=O)cc1F. The Hall–Kier alpha value is -2.50. The Morgan fingerprint density at radius 2 is 2.15 bits per heavy atom. The van der Waals surface area contributed by atoms with E-state index >= 15 is 0 Å². The van der Waals surface area contributed by atoms with E-state index in [0.29, 0.717) is 5.56 Å². The number of rotatable bonds is 4. The van der Waals surface area contributed by atoms with Gasteiger partial charge >= 0.3 is 0 Å². The zero-order valence-electron chi connectivity index (χ0n) is 11.1. The van der Waals surface area contributed by atoms with Crippen LogP contribution in [0.1, 0.15) is 15.9 Å². The van der Waals surface area contributed by atoms with Gasteiger partial charge in [0.25, 0.3) is 5.56 Å². The first-order chi connectivity index (χ1) is 9.51. The van der Waals surface area contributed by atoms with Gasteiger partial charge in [0.2, 0.25) is 0 Å². The Bertz CT molecular complexity index is 710. The summed E-state index contributed by atoms with van der Waals surface area (Å²) in [6, 6.07) is 5.28. The second kappa shape index (κ2) is 5.64. The molecule has 0 radical (unpaired) electrons. The molecular weight excluding hydrogens is 263 g/mol. The Balaban J connectivity index is 2.24. The van der Waals surface area contributed by atoms with Crippen molar-refractivity contribution >= 4 is 5.78 Å². The number of methoxy groups -OCH3 is 1. The second-order valence-electron chi connectivity index (χ2n) is 4.30. The molecule has 0 amide bonds. The van der Waals surface area contributed by atoms with Gasteiger partial charge in [-0.3, -0.25) is 9.59 Å². The summed E-state index contributed by atoms with van der Waals surface area (Å²) in [5, 5.41) is 3.86. The predicted molar refractivity (Wildman–Crippen MR) is 70.5 cm³/mol. The summed E-state index contributed by atoms with van der Waals surface area (Å²) in [6.07, 6.45) is 1.49. The van der Waals surface area contributed by atoms with Crippen LogP contribution in [0.4, 0.5) is 4.39 Å². The topological polar surface area (TPSA) is 61.2 Å². The lowest BCUT2D eigenvalue weighted by Gasteiger charge is -2.06. The first-order valence-electron chi connectivity index (χ1n) is 5.92. The van der Waals surface area contributed by atoms with Crippen LogP contribution in [0.2, 0.25) is 0 Å². The molecule has 0 unspecified atom stereocenters. The number of Topliss-reactive ketones (excluding diaryl/α,β-unsaturated/α-hetero) is 1. The number of carbonyl (C=O) groups excluding carboxylic acids is 1. The van der Waals surface area contributed by atoms with Crippen LogP contribution >= 0.6 is 0 Å². The molecule has 104 valence electrons. The summed E-state index contributed by atoms with van der Waals surface area (Å²) < 4.78 is 19.3.